The first kappa shape index (κ1) is 18.2. The number of piperidine rings is 1. The van der Waals surface area contributed by atoms with Crippen LogP contribution in [-0.2, 0) is 10.2 Å². The van der Waals surface area contributed by atoms with Crippen molar-refractivity contribution in [3.8, 4) is 0 Å². The van der Waals surface area contributed by atoms with Crippen LogP contribution in [-0.4, -0.2) is 24.0 Å². The maximum Gasteiger partial charge on any atom is 0.230 e. The molecule has 1 aromatic carbocycles. The van der Waals surface area contributed by atoms with Crippen molar-refractivity contribution in [3.63, 3.8) is 0 Å². The monoisotopic (exact) mass is 412 g/mol. The molecule has 2 unspecified atom stereocenters. The predicted octanol–water partition coefficient (Wildman–Crippen LogP) is 4.08. The molecule has 2 saturated heterocycles. The molecule has 2 bridgehead atoms. The molecular formula is C19H26BrClN2O. The number of hydrogen-bond acceptors (Lipinski definition) is 2. The van der Waals surface area contributed by atoms with Gasteiger partial charge >= 0.3 is 0 Å². The van der Waals surface area contributed by atoms with E-state index < -0.39 is 0 Å². The molecule has 24 heavy (non-hydrogen) atoms. The van der Waals surface area contributed by atoms with Gasteiger partial charge in [0.25, 0.3) is 0 Å². The number of halogens is 2. The van der Waals surface area contributed by atoms with E-state index in [2.05, 4.69) is 44.8 Å². The molecular weight excluding hydrogens is 388 g/mol. The van der Waals surface area contributed by atoms with E-state index in [1.807, 2.05) is 6.07 Å². The molecule has 3 aliphatic rings. The van der Waals surface area contributed by atoms with Crippen LogP contribution >= 0.6 is 28.3 Å². The fourth-order valence-electron chi connectivity index (χ4n) is 4.91. The number of benzene rings is 1. The summed E-state index contributed by atoms with van der Waals surface area (Å²) in [6.45, 7) is 0. The fourth-order valence-corrected chi connectivity index (χ4v) is 5.31. The number of rotatable bonds is 3. The minimum atomic E-state index is -0.312. The smallest absolute Gasteiger partial charge is 0.230 e. The predicted molar refractivity (Wildman–Crippen MR) is 103 cm³/mol. The summed E-state index contributed by atoms with van der Waals surface area (Å²) in [4.78, 5) is 13.2. The van der Waals surface area contributed by atoms with Crippen molar-refractivity contribution < 1.29 is 4.79 Å². The molecule has 2 atom stereocenters. The van der Waals surface area contributed by atoms with Crippen LogP contribution in [0.25, 0.3) is 0 Å². The van der Waals surface area contributed by atoms with E-state index in [4.69, 9.17) is 0 Å². The zero-order valence-electron chi connectivity index (χ0n) is 13.9. The lowest BCUT2D eigenvalue weighted by Gasteiger charge is -2.34. The van der Waals surface area contributed by atoms with Crippen molar-refractivity contribution in [1.29, 1.82) is 0 Å². The van der Waals surface area contributed by atoms with Crippen LogP contribution in [0.1, 0.15) is 56.9 Å². The second-order valence-electron chi connectivity index (χ2n) is 7.58. The maximum atomic E-state index is 13.2. The molecule has 132 valence electrons. The Bertz CT molecular complexity index is 591. The van der Waals surface area contributed by atoms with Crippen LogP contribution in [0.2, 0.25) is 0 Å². The average molecular weight is 414 g/mol. The Labute approximate surface area is 158 Å². The van der Waals surface area contributed by atoms with Gasteiger partial charge in [0.15, 0.2) is 0 Å². The van der Waals surface area contributed by atoms with Crippen LogP contribution < -0.4 is 10.6 Å². The highest BCUT2D eigenvalue weighted by Gasteiger charge is 2.44. The lowest BCUT2D eigenvalue weighted by atomic mass is 9.77. The minimum Gasteiger partial charge on any atom is -0.352 e. The molecule has 3 nitrogen and oxygen atoms in total. The zero-order chi connectivity index (χ0) is 15.9. The number of fused-ring (bicyclic) bond motifs is 2. The van der Waals surface area contributed by atoms with Crippen LogP contribution in [0.15, 0.2) is 28.7 Å². The van der Waals surface area contributed by atoms with Crippen molar-refractivity contribution in [2.75, 3.05) is 0 Å². The molecule has 0 radical (unpaired) electrons. The standard InChI is InChI=1S/C19H25BrN2O.ClH/c20-14-5-3-4-13(10-14)19(8-1-2-9-19)18(23)22-17-11-15-6-7-16(12-17)21-15;/h3-5,10,15-17,21H,1-2,6-9,11-12H2,(H,22,23);1H. The Hall–Kier alpha value is -0.580. The molecule has 4 rings (SSSR count). The number of amides is 1. The van der Waals surface area contributed by atoms with E-state index in [1.54, 1.807) is 0 Å². The lowest BCUT2D eigenvalue weighted by Crippen LogP contribution is -2.52. The summed E-state index contributed by atoms with van der Waals surface area (Å²) in [6, 6.07) is 9.94. The van der Waals surface area contributed by atoms with Gasteiger partial charge in [-0.2, -0.15) is 0 Å². The Kier molecular flexibility index (Phi) is 5.58. The van der Waals surface area contributed by atoms with Gasteiger partial charge in [0.1, 0.15) is 0 Å². The summed E-state index contributed by atoms with van der Waals surface area (Å²) in [5.74, 6) is 0.263. The fraction of sp³-hybridized carbons (Fsp3) is 0.632. The summed E-state index contributed by atoms with van der Waals surface area (Å²) in [5.41, 5.74) is 0.868. The van der Waals surface area contributed by atoms with Crippen molar-refractivity contribution in [1.82, 2.24) is 10.6 Å². The molecule has 0 aromatic heterocycles. The van der Waals surface area contributed by atoms with Gasteiger partial charge in [0.2, 0.25) is 5.91 Å². The highest BCUT2D eigenvalue weighted by Crippen LogP contribution is 2.42. The van der Waals surface area contributed by atoms with Gasteiger partial charge in [-0.1, -0.05) is 40.9 Å². The summed E-state index contributed by atoms with van der Waals surface area (Å²) in [6.07, 6.45) is 8.99. The van der Waals surface area contributed by atoms with Gasteiger partial charge in [0, 0.05) is 22.6 Å². The molecule has 1 aromatic rings. The molecule has 1 saturated carbocycles. The molecule has 1 aliphatic carbocycles. The summed E-state index contributed by atoms with van der Waals surface area (Å²) in [5, 5.41) is 7.08. The maximum absolute atomic E-state index is 13.2. The highest BCUT2D eigenvalue weighted by atomic mass is 79.9. The Balaban J connectivity index is 0.00000169. The number of carbonyl (C=O) groups excluding carboxylic acids is 1. The van der Waals surface area contributed by atoms with E-state index in [0.717, 1.165) is 43.0 Å². The molecule has 2 aliphatic heterocycles. The first-order valence-corrected chi connectivity index (χ1v) is 9.78. The van der Waals surface area contributed by atoms with E-state index in [1.165, 1.54) is 18.4 Å². The van der Waals surface area contributed by atoms with Crippen LogP contribution in [0.4, 0.5) is 0 Å². The number of nitrogens with one attached hydrogen (secondary N) is 2. The molecule has 2 heterocycles. The van der Waals surface area contributed by atoms with Crippen molar-refractivity contribution in [2.45, 2.75) is 74.9 Å². The third-order valence-electron chi connectivity index (χ3n) is 6.08. The molecule has 3 fully saturated rings. The second kappa shape index (κ2) is 7.35. The van der Waals surface area contributed by atoms with Crippen molar-refractivity contribution in [2.24, 2.45) is 0 Å². The van der Waals surface area contributed by atoms with Crippen LogP contribution in [0.5, 0.6) is 0 Å². The van der Waals surface area contributed by atoms with Gasteiger partial charge in [0.05, 0.1) is 5.41 Å². The van der Waals surface area contributed by atoms with E-state index >= 15 is 0 Å². The highest BCUT2D eigenvalue weighted by molar-refractivity contribution is 9.10. The van der Waals surface area contributed by atoms with Gasteiger partial charge in [-0.25, -0.2) is 0 Å². The normalized spacial score (nSPS) is 30.6. The summed E-state index contributed by atoms with van der Waals surface area (Å²) >= 11 is 3.57. The number of hydrogen-bond donors (Lipinski definition) is 2. The summed E-state index contributed by atoms with van der Waals surface area (Å²) in [7, 11) is 0. The zero-order valence-corrected chi connectivity index (χ0v) is 16.3. The largest absolute Gasteiger partial charge is 0.352 e. The summed E-state index contributed by atoms with van der Waals surface area (Å²) < 4.78 is 1.06. The Morgan fingerprint density at radius 3 is 2.46 bits per heavy atom. The third-order valence-corrected chi connectivity index (χ3v) is 6.57. The number of carbonyl (C=O) groups is 1. The SMILES string of the molecule is Cl.O=C(NC1CC2CCC(C1)N2)C1(c2cccc(Br)c2)CCCC1. The average Bonchev–Trinajstić information content (AvgIpc) is 3.15. The topological polar surface area (TPSA) is 41.1 Å². The first-order chi connectivity index (χ1) is 11.2. The molecule has 2 N–H and O–H groups in total. The van der Waals surface area contributed by atoms with Crippen molar-refractivity contribution in [3.05, 3.63) is 34.3 Å². The van der Waals surface area contributed by atoms with E-state index in [9.17, 15) is 4.79 Å². The Morgan fingerprint density at radius 1 is 1.17 bits per heavy atom. The van der Waals surface area contributed by atoms with E-state index in [-0.39, 0.29) is 23.7 Å². The molecule has 5 heteroatoms. The minimum absolute atomic E-state index is 0. The molecule has 1 amide bonds. The van der Waals surface area contributed by atoms with Crippen molar-refractivity contribution >= 4 is 34.2 Å². The van der Waals surface area contributed by atoms with Gasteiger partial charge in [-0.15, -0.1) is 12.4 Å². The Morgan fingerprint density at radius 2 is 1.83 bits per heavy atom. The van der Waals surface area contributed by atoms with Gasteiger partial charge < -0.3 is 10.6 Å². The quantitative estimate of drug-likeness (QED) is 0.784. The molecule has 0 spiro atoms. The first-order valence-electron chi connectivity index (χ1n) is 8.99. The van der Waals surface area contributed by atoms with Crippen LogP contribution in [0, 0.1) is 0 Å². The van der Waals surface area contributed by atoms with Gasteiger partial charge in [-0.05, 0) is 56.2 Å². The second-order valence-corrected chi connectivity index (χ2v) is 8.49. The van der Waals surface area contributed by atoms with E-state index in [0.29, 0.717) is 18.1 Å². The lowest BCUT2D eigenvalue weighted by molar-refractivity contribution is -0.127. The van der Waals surface area contributed by atoms with Gasteiger partial charge in [-0.3, -0.25) is 4.79 Å². The van der Waals surface area contributed by atoms with Crippen LogP contribution in [0.3, 0.4) is 0 Å². The third kappa shape index (κ3) is 3.38.